The van der Waals surface area contributed by atoms with Crippen LogP contribution >= 0.6 is 0 Å². The Morgan fingerprint density at radius 2 is 2.00 bits per heavy atom. The van der Waals surface area contributed by atoms with Crippen LogP contribution in [0.2, 0.25) is 0 Å². The van der Waals surface area contributed by atoms with E-state index in [0.717, 1.165) is 12.8 Å². The third-order valence-corrected chi connectivity index (χ3v) is 5.14. The van der Waals surface area contributed by atoms with E-state index in [0.29, 0.717) is 26.1 Å². The second-order valence-corrected chi connectivity index (χ2v) is 6.44. The standard InChI is InChI=1S/C9H17N3O3S/c1-10-16(14,15)12-4-2-9(3-5-12)6-8(13)11-7-9/h10H,2-7H2,1H3,(H,11,13). The topological polar surface area (TPSA) is 78.5 Å². The molecule has 7 heteroatoms. The molecule has 2 saturated heterocycles. The monoisotopic (exact) mass is 247 g/mol. The van der Waals surface area contributed by atoms with Crippen LogP contribution in [0.15, 0.2) is 0 Å². The molecule has 2 rings (SSSR count). The molecule has 92 valence electrons. The fraction of sp³-hybridized carbons (Fsp3) is 0.889. The average molecular weight is 247 g/mol. The highest BCUT2D eigenvalue weighted by Gasteiger charge is 2.42. The Morgan fingerprint density at radius 1 is 1.38 bits per heavy atom. The summed E-state index contributed by atoms with van der Waals surface area (Å²) in [5, 5.41) is 2.83. The van der Waals surface area contributed by atoms with Crippen molar-refractivity contribution in [2.24, 2.45) is 5.41 Å². The largest absolute Gasteiger partial charge is 0.356 e. The first-order chi connectivity index (χ1) is 7.47. The van der Waals surface area contributed by atoms with Gasteiger partial charge in [-0.2, -0.15) is 12.7 Å². The SMILES string of the molecule is CNS(=O)(=O)N1CCC2(CC1)CNC(=O)C2. The van der Waals surface area contributed by atoms with Crippen molar-refractivity contribution in [1.82, 2.24) is 14.3 Å². The Morgan fingerprint density at radius 3 is 2.44 bits per heavy atom. The van der Waals surface area contributed by atoms with Crippen LogP contribution in [0.1, 0.15) is 19.3 Å². The van der Waals surface area contributed by atoms with Crippen molar-refractivity contribution in [3.63, 3.8) is 0 Å². The van der Waals surface area contributed by atoms with Gasteiger partial charge in [0.2, 0.25) is 5.91 Å². The maximum absolute atomic E-state index is 11.6. The number of hydrogen-bond donors (Lipinski definition) is 2. The Balaban J connectivity index is 2.00. The van der Waals surface area contributed by atoms with Crippen molar-refractivity contribution in [1.29, 1.82) is 0 Å². The van der Waals surface area contributed by atoms with Gasteiger partial charge in [-0.15, -0.1) is 0 Å². The summed E-state index contributed by atoms with van der Waals surface area (Å²) in [6.45, 7) is 1.69. The molecule has 0 aromatic rings. The van der Waals surface area contributed by atoms with Gasteiger partial charge in [-0.1, -0.05) is 0 Å². The fourth-order valence-corrected chi connectivity index (χ4v) is 3.36. The van der Waals surface area contributed by atoms with Gasteiger partial charge in [-0.3, -0.25) is 4.79 Å². The summed E-state index contributed by atoms with van der Waals surface area (Å²) in [4.78, 5) is 11.2. The molecule has 0 aromatic carbocycles. The minimum Gasteiger partial charge on any atom is -0.356 e. The molecule has 2 fully saturated rings. The van der Waals surface area contributed by atoms with Gasteiger partial charge < -0.3 is 5.32 Å². The van der Waals surface area contributed by atoms with Gasteiger partial charge in [-0.25, -0.2) is 4.72 Å². The second kappa shape index (κ2) is 3.97. The number of rotatable bonds is 2. The number of nitrogens with one attached hydrogen (secondary N) is 2. The summed E-state index contributed by atoms with van der Waals surface area (Å²) in [5.41, 5.74) is -0.00313. The number of piperidine rings is 1. The maximum Gasteiger partial charge on any atom is 0.279 e. The Bertz CT molecular complexity index is 385. The van der Waals surface area contributed by atoms with Gasteiger partial charge in [0, 0.05) is 33.1 Å². The highest BCUT2D eigenvalue weighted by molar-refractivity contribution is 7.87. The quantitative estimate of drug-likeness (QED) is 0.660. The summed E-state index contributed by atoms with van der Waals surface area (Å²) in [6, 6.07) is 0. The zero-order valence-corrected chi connectivity index (χ0v) is 10.1. The molecule has 0 radical (unpaired) electrons. The van der Waals surface area contributed by atoms with Crippen molar-refractivity contribution < 1.29 is 13.2 Å². The van der Waals surface area contributed by atoms with Gasteiger partial charge in [0.05, 0.1) is 0 Å². The molecule has 2 N–H and O–H groups in total. The molecule has 0 unspecified atom stereocenters. The minimum atomic E-state index is -3.30. The van der Waals surface area contributed by atoms with Crippen LogP contribution in [0, 0.1) is 5.41 Å². The average Bonchev–Trinajstić information content (AvgIpc) is 2.61. The molecular formula is C9H17N3O3S. The Labute approximate surface area is 95.6 Å². The Hall–Kier alpha value is -0.660. The van der Waals surface area contributed by atoms with Crippen molar-refractivity contribution in [3.8, 4) is 0 Å². The molecule has 2 aliphatic rings. The van der Waals surface area contributed by atoms with E-state index in [2.05, 4.69) is 10.0 Å². The van der Waals surface area contributed by atoms with E-state index in [1.165, 1.54) is 11.4 Å². The van der Waals surface area contributed by atoms with E-state index >= 15 is 0 Å². The Kier molecular flexibility index (Phi) is 2.93. The van der Waals surface area contributed by atoms with Crippen molar-refractivity contribution in [2.75, 3.05) is 26.7 Å². The van der Waals surface area contributed by atoms with Crippen LogP contribution in [-0.4, -0.2) is 45.3 Å². The molecule has 0 bridgehead atoms. The molecule has 1 amide bonds. The zero-order valence-electron chi connectivity index (χ0n) is 9.32. The first-order valence-corrected chi connectivity index (χ1v) is 6.87. The molecule has 2 aliphatic heterocycles. The number of carbonyl (C=O) groups is 1. The molecule has 0 aliphatic carbocycles. The highest BCUT2D eigenvalue weighted by Crippen LogP contribution is 2.37. The fourth-order valence-electron chi connectivity index (χ4n) is 2.44. The van der Waals surface area contributed by atoms with Crippen LogP contribution in [0.25, 0.3) is 0 Å². The van der Waals surface area contributed by atoms with Crippen LogP contribution in [-0.2, 0) is 15.0 Å². The third kappa shape index (κ3) is 2.07. The van der Waals surface area contributed by atoms with Crippen LogP contribution in [0.3, 0.4) is 0 Å². The van der Waals surface area contributed by atoms with E-state index in [1.54, 1.807) is 0 Å². The molecule has 16 heavy (non-hydrogen) atoms. The van der Waals surface area contributed by atoms with E-state index < -0.39 is 10.2 Å². The summed E-state index contributed by atoms with van der Waals surface area (Å²) in [7, 11) is -1.89. The number of amides is 1. The van der Waals surface area contributed by atoms with Crippen LogP contribution < -0.4 is 10.0 Å². The highest BCUT2D eigenvalue weighted by atomic mass is 32.2. The summed E-state index contributed by atoms with van der Waals surface area (Å²) in [5.74, 6) is 0.0879. The van der Waals surface area contributed by atoms with Crippen LogP contribution in [0.4, 0.5) is 0 Å². The summed E-state index contributed by atoms with van der Waals surface area (Å²) >= 11 is 0. The normalized spacial score (nSPS) is 25.9. The lowest BCUT2D eigenvalue weighted by molar-refractivity contribution is -0.119. The van der Waals surface area contributed by atoms with Gasteiger partial charge in [0.15, 0.2) is 0 Å². The van der Waals surface area contributed by atoms with Gasteiger partial charge in [-0.05, 0) is 18.3 Å². The number of nitrogens with zero attached hydrogens (tertiary/aromatic N) is 1. The van der Waals surface area contributed by atoms with E-state index in [1.807, 2.05) is 0 Å². The van der Waals surface area contributed by atoms with Gasteiger partial charge in [0.1, 0.15) is 0 Å². The van der Waals surface area contributed by atoms with Crippen molar-refractivity contribution >= 4 is 16.1 Å². The molecule has 1 spiro atoms. The lowest BCUT2D eigenvalue weighted by Gasteiger charge is -2.37. The van der Waals surface area contributed by atoms with Crippen LogP contribution in [0.5, 0.6) is 0 Å². The van der Waals surface area contributed by atoms with E-state index in [9.17, 15) is 13.2 Å². The van der Waals surface area contributed by atoms with E-state index in [-0.39, 0.29) is 11.3 Å². The van der Waals surface area contributed by atoms with Crippen molar-refractivity contribution in [2.45, 2.75) is 19.3 Å². The van der Waals surface area contributed by atoms with Crippen molar-refractivity contribution in [3.05, 3.63) is 0 Å². The number of carbonyl (C=O) groups excluding carboxylic acids is 1. The zero-order chi connectivity index (χ0) is 11.8. The minimum absolute atomic E-state index is 0.00313. The first kappa shape index (κ1) is 11.8. The molecule has 2 heterocycles. The second-order valence-electron chi connectivity index (χ2n) is 4.56. The van der Waals surface area contributed by atoms with Gasteiger partial charge in [0.25, 0.3) is 10.2 Å². The number of hydrogen-bond acceptors (Lipinski definition) is 3. The maximum atomic E-state index is 11.6. The van der Waals surface area contributed by atoms with E-state index in [4.69, 9.17) is 0 Å². The smallest absolute Gasteiger partial charge is 0.279 e. The summed E-state index contributed by atoms with van der Waals surface area (Å²) in [6.07, 6.45) is 2.06. The molecule has 6 nitrogen and oxygen atoms in total. The lowest BCUT2D eigenvalue weighted by Crippen LogP contribution is -2.47. The molecular weight excluding hydrogens is 230 g/mol. The lowest BCUT2D eigenvalue weighted by atomic mass is 9.78. The first-order valence-electron chi connectivity index (χ1n) is 5.43. The predicted molar refractivity (Wildman–Crippen MR) is 58.8 cm³/mol. The van der Waals surface area contributed by atoms with Gasteiger partial charge >= 0.3 is 0 Å². The molecule has 0 atom stereocenters. The molecule has 0 aromatic heterocycles. The predicted octanol–water partition coefficient (Wildman–Crippen LogP) is -0.947. The molecule has 0 saturated carbocycles. The summed E-state index contributed by atoms with van der Waals surface area (Å²) < 4.78 is 26.9. The third-order valence-electron chi connectivity index (χ3n) is 3.58.